The quantitative estimate of drug-likeness (QED) is 0.942. The molecule has 2 unspecified atom stereocenters. The number of aryl methyl sites for hydroxylation is 1. The first-order valence-corrected chi connectivity index (χ1v) is 8.39. The van der Waals surface area contributed by atoms with Crippen LogP contribution in [0, 0.1) is 6.92 Å². The molecule has 2 aromatic heterocycles. The first kappa shape index (κ1) is 16.0. The van der Waals surface area contributed by atoms with Gasteiger partial charge >= 0.3 is 5.97 Å². The van der Waals surface area contributed by atoms with Crippen molar-refractivity contribution >= 4 is 11.6 Å². The van der Waals surface area contributed by atoms with Crippen molar-refractivity contribution in [3.8, 4) is 0 Å². The van der Waals surface area contributed by atoms with Gasteiger partial charge in [0.05, 0.1) is 17.8 Å². The Kier molecular flexibility index (Phi) is 4.39. The number of fused-ring (bicyclic) bond motifs is 1. The zero-order valence-corrected chi connectivity index (χ0v) is 14.1. The molecule has 0 aromatic carbocycles. The third-order valence-electron chi connectivity index (χ3n) is 4.98. The van der Waals surface area contributed by atoms with Crippen molar-refractivity contribution in [3.05, 3.63) is 35.3 Å². The zero-order chi connectivity index (χ0) is 16.6. The minimum Gasteiger partial charge on any atom is -0.481 e. The zero-order valence-electron chi connectivity index (χ0n) is 14.1. The van der Waals surface area contributed by atoms with E-state index < -0.39 is 5.97 Å². The van der Waals surface area contributed by atoms with E-state index >= 15 is 0 Å². The molecule has 5 heteroatoms. The highest BCUT2D eigenvalue weighted by molar-refractivity contribution is 5.70. The van der Waals surface area contributed by atoms with Crippen molar-refractivity contribution in [2.45, 2.75) is 65.1 Å². The number of rotatable bonds is 4. The average Bonchev–Trinajstić information content (AvgIpc) is 2.79. The number of hydrogen-bond donors (Lipinski definition) is 1. The Bertz CT molecular complexity index is 712. The second-order valence-electron chi connectivity index (χ2n) is 6.81. The predicted molar refractivity (Wildman–Crippen MR) is 89.6 cm³/mol. The van der Waals surface area contributed by atoms with E-state index in [4.69, 9.17) is 0 Å². The van der Waals surface area contributed by atoms with Gasteiger partial charge in [0.1, 0.15) is 5.65 Å². The summed E-state index contributed by atoms with van der Waals surface area (Å²) in [5.41, 5.74) is 3.69. The molecular formula is C18H25N3O2. The van der Waals surface area contributed by atoms with Gasteiger partial charge in [-0.25, -0.2) is 4.98 Å². The number of hydrogen-bond acceptors (Lipinski definition) is 3. The molecule has 3 rings (SSSR count). The maximum absolute atomic E-state index is 11.2. The number of piperidine rings is 1. The molecule has 1 aliphatic heterocycles. The van der Waals surface area contributed by atoms with E-state index in [0.29, 0.717) is 17.8 Å². The highest BCUT2D eigenvalue weighted by atomic mass is 16.4. The molecule has 1 saturated heterocycles. The van der Waals surface area contributed by atoms with Gasteiger partial charge in [-0.3, -0.25) is 9.69 Å². The summed E-state index contributed by atoms with van der Waals surface area (Å²) < 4.78 is 2.07. The molecule has 1 N–H and O–H groups in total. The number of carboxylic acid groups (broad SMARTS) is 1. The molecule has 0 spiro atoms. The molecule has 0 bridgehead atoms. The second kappa shape index (κ2) is 6.32. The van der Waals surface area contributed by atoms with Crippen LogP contribution >= 0.6 is 0 Å². The summed E-state index contributed by atoms with van der Waals surface area (Å²) in [5, 5.41) is 9.22. The molecule has 1 aliphatic rings. The fourth-order valence-electron chi connectivity index (χ4n) is 3.66. The van der Waals surface area contributed by atoms with Crippen molar-refractivity contribution in [1.82, 2.24) is 14.3 Å². The lowest BCUT2D eigenvalue weighted by Crippen LogP contribution is -2.43. The summed E-state index contributed by atoms with van der Waals surface area (Å²) in [5.74, 6) is -0.828. The lowest BCUT2D eigenvalue weighted by molar-refractivity contribution is -0.136. The largest absolute Gasteiger partial charge is 0.481 e. The van der Waals surface area contributed by atoms with Crippen LogP contribution in [0.5, 0.6) is 0 Å². The lowest BCUT2D eigenvalue weighted by atomic mass is 9.97. The van der Waals surface area contributed by atoms with Crippen LogP contribution in [0.15, 0.2) is 18.3 Å². The molecule has 23 heavy (non-hydrogen) atoms. The molecular weight excluding hydrogens is 290 g/mol. The van der Waals surface area contributed by atoms with E-state index in [1.54, 1.807) is 0 Å². The van der Waals surface area contributed by atoms with Crippen molar-refractivity contribution in [2.24, 2.45) is 0 Å². The van der Waals surface area contributed by atoms with E-state index in [9.17, 15) is 9.90 Å². The van der Waals surface area contributed by atoms with Crippen LogP contribution in [0.1, 0.15) is 50.1 Å². The SMILES string of the molecule is Cc1ccc2nc(CC(=O)O)c(CN3C(C)CCCC3C)n2c1. The molecule has 5 nitrogen and oxygen atoms in total. The highest BCUT2D eigenvalue weighted by Gasteiger charge is 2.27. The summed E-state index contributed by atoms with van der Waals surface area (Å²) in [6, 6.07) is 5.02. The van der Waals surface area contributed by atoms with Crippen LogP contribution in [-0.4, -0.2) is 37.4 Å². The number of nitrogens with zero attached hydrogens (tertiary/aromatic N) is 3. The van der Waals surface area contributed by atoms with Crippen LogP contribution in [0.3, 0.4) is 0 Å². The van der Waals surface area contributed by atoms with Gasteiger partial charge in [0, 0.05) is 24.8 Å². The maximum Gasteiger partial charge on any atom is 0.309 e. The monoisotopic (exact) mass is 315 g/mol. The Morgan fingerprint density at radius 1 is 1.30 bits per heavy atom. The summed E-state index contributed by atoms with van der Waals surface area (Å²) >= 11 is 0. The molecule has 1 fully saturated rings. The number of likely N-dealkylation sites (tertiary alicyclic amines) is 1. The molecule has 2 atom stereocenters. The molecule has 0 saturated carbocycles. The molecule has 3 heterocycles. The fourth-order valence-corrected chi connectivity index (χ4v) is 3.66. The first-order chi connectivity index (χ1) is 11.0. The maximum atomic E-state index is 11.2. The van der Waals surface area contributed by atoms with Gasteiger partial charge in [0.25, 0.3) is 0 Å². The van der Waals surface area contributed by atoms with Gasteiger partial charge in [-0.05, 0) is 45.2 Å². The van der Waals surface area contributed by atoms with E-state index in [1.165, 1.54) is 19.3 Å². The minimum atomic E-state index is -0.828. The summed E-state index contributed by atoms with van der Waals surface area (Å²) in [6.07, 6.45) is 5.71. The van der Waals surface area contributed by atoms with Gasteiger partial charge in [-0.15, -0.1) is 0 Å². The third-order valence-corrected chi connectivity index (χ3v) is 4.98. The van der Waals surface area contributed by atoms with Crippen LogP contribution in [0.4, 0.5) is 0 Å². The van der Waals surface area contributed by atoms with E-state index in [2.05, 4.69) is 34.3 Å². The Morgan fingerprint density at radius 2 is 2.00 bits per heavy atom. The summed E-state index contributed by atoms with van der Waals surface area (Å²) in [6.45, 7) is 7.34. The summed E-state index contributed by atoms with van der Waals surface area (Å²) in [4.78, 5) is 18.3. The smallest absolute Gasteiger partial charge is 0.309 e. The average molecular weight is 315 g/mol. The van der Waals surface area contributed by atoms with Gasteiger partial charge in [0.2, 0.25) is 0 Å². The van der Waals surface area contributed by atoms with Crippen LogP contribution in [-0.2, 0) is 17.8 Å². The Balaban J connectivity index is 2.02. The Morgan fingerprint density at radius 3 is 2.65 bits per heavy atom. The van der Waals surface area contributed by atoms with Gasteiger partial charge in [-0.1, -0.05) is 12.5 Å². The van der Waals surface area contributed by atoms with E-state index in [-0.39, 0.29) is 6.42 Å². The number of carbonyl (C=O) groups is 1. The number of pyridine rings is 1. The van der Waals surface area contributed by atoms with Crippen molar-refractivity contribution in [1.29, 1.82) is 0 Å². The number of carboxylic acids is 1. The first-order valence-electron chi connectivity index (χ1n) is 8.39. The minimum absolute atomic E-state index is 0.0212. The van der Waals surface area contributed by atoms with Crippen molar-refractivity contribution in [3.63, 3.8) is 0 Å². The van der Waals surface area contributed by atoms with Crippen LogP contribution in [0.2, 0.25) is 0 Å². The predicted octanol–water partition coefficient (Wildman–Crippen LogP) is 3.03. The molecule has 0 amide bonds. The van der Waals surface area contributed by atoms with Gasteiger partial charge in [-0.2, -0.15) is 0 Å². The van der Waals surface area contributed by atoms with E-state index in [1.807, 2.05) is 19.1 Å². The van der Waals surface area contributed by atoms with Crippen molar-refractivity contribution < 1.29 is 9.90 Å². The number of aliphatic carboxylic acids is 1. The Hall–Kier alpha value is -1.88. The van der Waals surface area contributed by atoms with Gasteiger partial charge < -0.3 is 9.51 Å². The highest BCUT2D eigenvalue weighted by Crippen LogP contribution is 2.26. The number of imidazole rings is 1. The van der Waals surface area contributed by atoms with Crippen LogP contribution in [0.25, 0.3) is 5.65 Å². The molecule has 0 aliphatic carbocycles. The summed E-state index contributed by atoms with van der Waals surface area (Å²) in [7, 11) is 0. The number of aromatic nitrogens is 2. The van der Waals surface area contributed by atoms with Gasteiger partial charge in [0.15, 0.2) is 0 Å². The van der Waals surface area contributed by atoms with Crippen LogP contribution < -0.4 is 0 Å². The lowest BCUT2D eigenvalue weighted by Gasteiger charge is -2.39. The standard InChI is InChI=1S/C18H25N3O2/c1-12-7-8-17-19-15(9-18(22)23)16(21(17)10-12)11-20-13(2)5-4-6-14(20)3/h7-8,10,13-14H,4-6,9,11H2,1-3H3,(H,22,23). The molecule has 124 valence electrons. The van der Waals surface area contributed by atoms with Crippen molar-refractivity contribution in [2.75, 3.05) is 0 Å². The third kappa shape index (κ3) is 3.24. The molecule has 0 radical (unpaired) electrons. The Labute approximate surface area is 136 Å². The topological polar surface area (TPSA) is 57.8 Å². The normalized spacial score (nSPS) is 22.6. The molecule has 2 aromatic rings. The van der Waals surface area contributed by atoms with E-state index in [0.717, 1.165) is 23.4 Å². The fraction of sp³-hybridized carbons (Fsp3) is 0.556. The second-order valence-corrected chi connectivity index (χ2v) is 6.81.